The molecule has 1 aromatic heterocycles. The second-order valence-corrected chi connectivity index (χ2v) is 6.84. The maximum Gasteiger partial charge on any atom is 0.441 e. The number of amides is 1. The quantitative estimate of drug-likeness (QED) is 0.421. The predicted octanol–water partition coefficient (Wildman–Crippen LogP) is 2.25. The lowest BCUT2D eigenvalue weighted by Crippen LogP contribution is -2.27. The summed E-state index contributed by atoms with van der Waals surface area (Å²) in [5.74, 6) is -1.10. The molecule has 0 saturated carbocycles. The van der Waals surface area contributed by atoms with Crippen molar-refractivity contribution in [2.75, 3.05) is 12.3 Å². The third-order valence-corrected chi connectivity index (χ3v) is 4.69. The standard InChI is InChI=1S/C12H11F3N6O3S2/c1-20-11(17-18-19-20)26-9-3-2-7(21(23)24)6-8(9)10(22)16-4-5-25-12(13,14)15/h2-3,6H,4-5H2,1H3,(H,16,22). The Hall–Kier alpha value is -2.35. The highest BCUT2D eigenvalue weighted by molar-refractivity contribution is 8.00. The molecule has 0 atom stereocenters. The molecule has 0 bridgehead atoms. The van der Waals surface area contributed by atoms with Gasteiger partial charge in [0.25, 0.3) is 11.6 Å². The molecule has 1 aromatic carbocycles. The number of thioether (sulfide) groups is 1. The Morgan fingerprint density at radius 3 is 2.73 bits per heavy atom. The first-order chi connectivity index (χ1) is 12.2. The molecule has 0 spiro atoms. The number of hydrogen-bond donors (Lipinski definition) is 1. The number of nitro groups is 1. The molecule has 0 aliphatic carbocycles. The van der Waals surface area contributed by atoms with Crippen molar-refractivity contribution >= 4 is 35.1 Å². The van der Waals surface area contributed by atoms with Gasteiger partial charge in [0, 0.05) is 36.4 Å². The van der Waals surface area contributed by atoms with Gasteiger partial charge in [-0.1, -0.05) is 0 Å². The molecule has 1 heterocycles. The second-order valence-electron chi connectivity index (χ2n) is 4.67. The number of alkyl halides is 3. The minimum atomic E-state index is -4.39. The fraction of sp³-hybridized carbons (Fsp3) is 0.333. The van der Waals surface area contributed by atoms with Crippen LogP contribution >= 0.6 is 23.5 Å². The summed E-state index contributed by atoms with van der Waals surface area (Å²) in [6.07, 6.45) is 0. The SMILES string of the molecule is Cn1nnnc1Sc1ccc([N+](=O)[O-])cc1C(=O)NCCSC(F)(F)F. The molecule has 0 radical (unpaired) electrons. The highest BCUT2D eigenvalue weighted by atomic mass is 32.2. The van der Waals surface area contributed by atoms with Gasteiger partial charge in [-0.2, -0.15) is 13.2 Å². The number of nitrogens with one attached hydrogen (secondary N) is 1. The van der Waals surface area contributed by atoms with Crippen LogP contribution in [0.4, 0.5) is 18.9 Å². The topological polar surface area (TPSA) is 116 Å². The Balaban J connectivity index is 2.17. The molecule has 2 aromatic rings. The van der Waals surface area contributed by atoms with E-state index in [1.165, 1.54) is 16.8 Å². The van der Waals surface area contributed by atoms with E-state index < -0.39 is 16.3 Å². The van der Waals surface area contributed by atoms with Crippen molar-refractivity contribution in [3.63, 3.8) is 0 Å². The number of carbonyl (C=O) groups excluding carboxylic acids is 1. The van der Waals surface area contributed by atoms with E-state index in [0.717, 1.165) is 17.8 Å². The van der Waals surface area contributed by atoms with Crippen molar-refractivity contribution in [2.24, 2.45) is 7.05 Å². The van der Waals surface area contributed by atoms with E-state index in [4.69, 9.17) is 0 Å². The number of halogens is 3. The van der Waals surface area contributed by atoms with Crippen molar-refractivity contribution in [1.29, 1.82) is 0 Å². The highest BCUT2D eigenvalue weighted by Gasteiger charge is 2.27. The smallest absolute Gasteiger partial charge is 0.351 e. The summed E-state index contributed by atoms with van der Waals surface area (Å²) in [5, 5.41) is 24.4. The minimum absolute atomic E-state index is 0.0517. The van der Waals surface area contributed by atoms with Crippen LogP contribution in [0, 0.1) is 10.1 Å². The fourth-order valence-corrected chi connectivity index (χ4v) is 3.01. The van der Waals surface area contributed by atoms with Crippen LogP contribution in [0.2, 0.25) is 0 Å². The Labute approximate surface area is 152 Å². The highest BCUT2D eigenvalue weighted by Crippen LogP contribution is 2.31. The van der Waals surface area contributed by atoms with Crippen LogP contribution in [0.15, 0.2) is 28.3 Å². The number of carbonyl (C=O) groups is 1. The summed E-state index contributed by atoms with van der Waals surface area (Å²) in [5.41, 5.74) is -4.76. The van der Waals surface area contributed by atoms with E-state index in [9.17, 15) is 28.1 Å². The van der Waals surface area contributed by atoms with Crippen LogP contribution in [0.3, 0.4) is 0 Å². The van der Waals surface area contributed by atoms with Crippen molar-refractivity contribution < 1.29 is 22.9 Å². The van der Waals surface area contributed by atoms with Crippen LogP contribution < -0.4 is 5.32 Å². The molecule has 140 valence electrons. The number of aromatic nitrogens is 4. The zero-order valence-electron chi connectivity index (χ0n) is 13.1. The Bertz CT molecular complexity index is 814. The molecule has 1 N–H and O–H groups in total. The molecule has 2 rings (SSSR count). The van der Waals surface area contributed by atoms with Crippen LogP contribution in [-0.4, -0.2) is 48.8 Å². The summed E-state index contributed by atoms with van der Waals surface area (Å²) in [4.78, 5) is 22.9. The lowest BCUT2D eigenvalue weighted by atomic mass is 10.2. The van der Waals surface area contributed by atoms with Gasteiger partial charge in [0.15, 0.2) is 0 Å². The second kappa shape index (κ2) is 8.35. The Morgan fingerprint density at radius 2 is 2.15 bits per heavy atom. The number of non-ortho nitro benzene ring substituents is 1. The fourth-order valence-electron chi connectivity index (χ4n) is 1.73. The molecular weight excluding hydrogens is 397 g/mol. The number of tetrazole rings is 1. The number of nitrogens with zero attached hydrogens (tertiary/aromatic N) is 5. The minimum Gasteiger partial charge on any atom is -0.351 e. The summed E-state index contributed by atoms with van der Waals surface area (Å²) in [6, 6.07) is 3.62. The summed E-state index contributed by atoms with van der Waals surface area (Å²) in [6.45, 7) is -0.249. The van der Waals surface area contributed by atoms with E-state index in [1.807, 2.05) is 0 Å². The van der Waals surface area contributed by atoms with Crippen LogP contribution in [0.1, 0.15) is 10.4 Å². The molecular formula is C12H11F3N6O3S2. The molecule has 0 saturated heterocycles. The first kappa shape index (κ1) is 20.0. The number of nitro benzene ring substituents is 1. The number of aryl methyl sites for hydroxylation is 1. The maximum absolute atomic E-state index is 12.3. The molecule has 0 unspecified atom stereocenters. The van der Waals surface area contributed by atoms with Gasteiger partial charge in [-0.3, -0.25) is 14.9 Å². The number of hydrogen-bond acceptors (Lipinski definition) is 8. The van der Waals surface area contributed by atoms with Crippen molar-refractivity contribution in [3.8, 4) is 0 Å². The van der Waals surface area contributed by atoms with Gasteiger partial charge in [-0.05, 0) is 40.0 Å². The molecule has 14 heteroatoms. The lowest BCUT2D eigenvalue weighted by Gasteiger charge is -2.10. The average molecular weight is 408 g/mol. The van der Waals surface area contributed by atoms with E-state index >= 15 is 0 Å². The van der Waals surface area contributed by atoms with E-state index in [0.29, 0.717) is 10.1 Å². The summed E-state index contributed by atoms with van der Waals surface area (Å²) in [7, 11) is 1.57. The maximum atomic E-state index is 12.3. The third-order valence-electron chi connectivity index (χ3n) is 2.85. The van der Waals surface area contributed by atoms with Gasteiger partial charge in [-0.15, -0.1) is 5.10 Å². The zero-order chi connectivity index (χ0) is 19.3. The van der Waals surface area contributed by atoms with Gasteiger partial charge in [0.2, 0.25) is 5.16 Å². The van der Waals surface area contributed by atoms with Gasteiger partial charge < -0.3 is 5.32 Å². The van der Waals surface area contributed by atoms with Crippen LogP contribution in [0.5, 0.6) is 0 Å². The molecule has 0 aliphatic rings. The zero-order valence-corrected chi connectivity index (χ0v) is 14.7. The van der Waals surface area contributed by atoms with Gasteiger partial charge in [-0.25, -0.2) is 4.68 Å². The summed E-state index contributed by atoms with van der Waals surface area (Å²) >= 11 is 0.729. The van der Waals surface area contributed by atoms with Crippen molar-refractivity contribution in [3.05, 3.63) is 33.9 Å². The normalized spacial score (nSPS) is 11.4. The van der Waals surface area contributed by atoms with Crippen LogP contribution in [-0.2, 0) is 7.05 Å². The predicted molar refractivity (Wildman–Crippen MR) is 86.9 cm³/mol. The molecule has 9 nitrogen and oxygen atoms in total. The molecule has 0 fully saturated rings. The van der Waals surface area contributed by atoms with E-state index in [1.54, 1.807) is 7.05 Å². The largest absolute Gasteiger partial charge is 0.441 e. The first-order valence-corrected chi connectivity index (χ1v) is 8.65. The molecule has 26 heavy (non-hydrogen) atoms. The van der Waals surface area contributed by atoms with Gasteiger partial charge in [0.05, 0.1) is 10.5 Å². The van der Waals surface area contributed by atoms with Crippen LogP contribution in [0.25, 0.3) is 0 Å². The monoisotopic (exact) mass is 408 g/mol. The lowest BCUT2D eigenvalue weighted by molar-refractivity contribution is -0.384. The van der Waals surface area contributed by atoms with Gasteiger partial charge >= 0.3 is 5.51 Å². The van der Waals surface area contributed by atoms with Gasteiger partial charge in [0.1, 0.15) is 0 Å². The first-order valence-electron chi connectivity index (χ1n) is 6.85. The third kappa shape index (κ3) is 5.59. The molecule has 1 amide bonds. The number of benzene rings is 1. The number of rotatable bonds is 7. The average Bonchev–Trinajstić information content (AvgIpc) is 2.95. The molecule has 0 aliphatic heterocycles. The Kier molecular flexibility index (Phi) is 6.42. The summed E-state index contributed by atoms with van der Waals surface area (Å²) < 4.78 is 37.7. The van der Waals surface area contributed by atoms with Crippen molar-refractivity contribution in [1.82, 2.24) is 25.5 Å². The van der Waals surface area contributed by atoms with E-state index in [-0.39, 0.29) is 35.3 Å². The van der Waals surface area contributed by atoms with Crippen molar-refractivity contribution in [2.45, 2.75) is 15.6 Å². The Morgan fingerprint density at radius 1 is 1.42 bits per heavy atom. The van der Waals surface area contributed by atoms with E-state index in [2.05, 4.69) is 20.8 Å².